The number of aromatic nitrogens is 2. The van der Waals surface area contributed by atoms with Crippen molar-refractivity contribution in [1.29, 1.82) is 0 Å². The molecule has 4 nitrogen and oxygen atoms in total. The number of halogens is 1. The summed E-state index contributed by atoms with van der Waals surface area (Å²) in [5, 5.41) is 7.29. The monoisotopic (exact) mass is 290 g/mol. The fraction of sp³-hybridized carbons (Fsp3) is 0.333. The van der Waals surface area contributed by atoms with Gasteiger partial charge in [-0.25, -0.2) is 9.97 Å². The van der Waals surface area contributed by atoms with Crippen molar-refractivity contribution in [3.63, 3.8) is 0 Å². The highest BCUT2D eigenvalue weighted by Crippen LogP contribution is 2.14. The summed E-state index contributed by atoms with van der Waals surface area (Å²) in [5.74, 6) is 2.53. The molecule has 0 amide bonds. The summed E-state index contributed by atoms with van der Waals surface area (Å²) in [7, 11) is 0. The van der Waals surface area contributed by atoms with Crippen LogP contribution in [0.15, 0.2) is 30.3 Å². The van der Waals surface area contributed by atoms with Gasteiger partial charge in [-0.2, -0.15) is 0 Å². The van der Waals surface area contributed by atoms with Crippen LogP contribution in [-0.4, -0.2) is 16.5 Å². The van der Waals surface area contributed by atoms with Gasteiger partial charge in [-0.15, -0.1) is 0 Å². The first kappa shape index (κ1) is 14.6. The number of anilines is 2. The van der Waals surface area contributed by atoms with Crippen molar-refractivity contribution < 1.29 is 0 Å². The predicted molar refractivity (Wildman–Crippen MR) is 84.4 cm³/mol. The van der Waals surface area contributed by atoms with Gasteiger partial charge in [-0.1, -0.05) is 30.7 Å². The van der Waals surface area contributed by atoms with E-state index in [0.717, 1.165) is 41.0 Å². The van der Waals surface area contributed by atoms with Crippen molar-refractivity contribution in [3.05, 3.63) is 46.7 Å². The Morgan fingerprint density at radius 2 is 1.65 bits per heavy atom. The molecule has 0 atom stereocenters. The van der Waals surface area contributed by atoms with E-state index in [1.54, 1.807) is 0 Å². The zero-order valence-electron chi connectivity index (χ0n) is 11.8. The van der Waals surface area contributed by atoms with Gasteiger partial charge in [0.25, 0.3) is 0 Å². The largest absolute Gasteiger partial charge is 0.370 e. The predicted octanol–water partition coefficient (Wildman–Crippen LogP) is 3.74. The molecule has 2 N–H and O–H groups in total. The standard InChI is InChI=1S/C15H19ClN4/c1-3-13-19-14(17-4-2)9-15(20-13)18-10-11-5-7-12(16)8-6-11/h5-9H,3-4,10H2,1-2H3,(H2,17,18,19,20). The Morgan fingerprint density at radius 1 is 1.00 bits per heavy atom. The number of benzene rings is 1. The van der Waals surface area contributed by atoms with E-state index in [-0.39, 0.29) is 0 Å². The fourth-order valence-corrected chi connectivity index (χ4v) is 1.94. The van der Waals surface area contributed by atoms with Crippen molar-refractivity contribution in [2.75, 3.05) is 17.2 Å². The van der Waals surface area contributed by atoms with Crippen LogP contribution < -0.4 is 10.6 Å². The topological polar surface area (TPSA) is 49.8 Å². The average molecular weight is 291 g/mol. The molecule has 0 saturated carbocycles. The molecule has 0 aliphatic rings. The van der Waals surface area contributed by atoms with Crippen LogP contribution in [0.25, 0.3) is 0 Å². The Bertz CT molecular complexity index is 554. The minimum Gasteiger partial charge on any atom is -0.370 e. The molecule has 20 heavy (non-hydrogen) atoms. The zero-order chi connectivity index (χ0) is 14.4. The maximum atomic E-state index is 5.87. The third kappa shape index (κ3) is 4.10. The SMILES string of the molecule is CCNc1cc(NCc2ccc(Cl)cc2)nc(CC)n1. The molecule has 0 saturated heterocycles. The van der Waals surface area contributed by atoms with E-state index >= 15 is 0 Å². The lowest BCUT2D eigenvalue weighted by Crippen LogP contribution is -2.07. The smallest absolute Gasteiger partial charge is 0.132 e. The maximum absolute atomic E-state index is 5.87. The summed E-state index contributed by atoms with van der Waals surface area (Å²) in [6.45, 7) is 5.66. The Balaban J connectivity index is 2.07. The lowest BCUT2D eigenvalue weighted by atomic mass is 10.2. The van der Waals surface area contributed by atoms with E-state index < -0.39 is 0 Å². The van der Waals surface area contributed by atoms with Crippen LogP contribution in [0.4, 0.5) is 11.6 Å². The van der Waals surface area contributed by atoms with Crippen LogP contribution in [-0.2, 0) is 13.0 Å². The molecule has 0 radical (unpaired) electrons. The van der Waals surface area contributed by atoms with E-state index in [1.165, 1.54) is 0 Å². The van der Waals surface area contributed by atoms with Crippen LogP contribution in [0.1, 0.15) is 25.2 Å². The van der Waals surface area contributed by atoms with E-state index in [1.807, 2.05) is 37.3 Å². The first-order valence-electron chi connectivity index (χ1n) is 6.81. The van der Waals surface area contributed by atoms with Gasteiger partial charge in [0.05, 0.1) is 0 Å². The molecule has 2 aromatic rings. The van der Waals surface area contributed by atoms with Crippen molar-refractivity contribution in [2.45, 2.75) is 26.8 Å². The summed E-state index contributed by atoms with van der Waals surface area (Å²) in [5.41, 5.74) is 1.16. The molecule has 1 heterocycles. The lowest BCUT2D eigenvalue weighted by Gasteiger charge is -2.10. The lowest BCUT2D eigenvalue weighted by molar-refractivity contribution is 0.929. The highest BCUT2D eigenvalue weighted by atomic mass is 35.5. The highest BCUT2D eigenvalue weighted by molar-refractivity contribution is 6.30. The van der Waals surface area contributed by atoms with Gasteiger partial charge in [0.1, 0.15) is 17.5 Å². The second kappa shape index (κ2) is 7.10. The molecule has 0 unspecified atom stereocenters. The van der Waals surface area contributed by atoms with Gasteiger partial charge in [-0.3, -0.25) is 0 Å². The summed E-state index contributed by atoms with van der Waals surface area (Å²) in [6.07, 6.45) is 0.814. The quantitative estimate of drug-likeness (QED) is 0.851. The van der Waals surface area contributed by atoms with Crippen molar-refractivity contribution in [3.8, 4) is 0 Å². The third-order valence-electron chi connectivity index (χ3n) is 2.83. The average Bonchev–Trinajstić information content (AvgIpc) is 2.47. The number of aryl methyl sites for hydroxylation is 1. The summed E-state index contributed by atoms with van der Waals surface area (Å²) in [4.78, 5) is 8.91. The Hall–Kier alpha value is -1.81. The highest BCUT2D eigenvalue weighted by Gasteiger charge is 2.03. The molecule has 1 aromatic heterocycles. The van der Waals surface area contributed by atoms with Crippen molar-refractivity contribution in [1.82, 2.24) is 9.97 Å². The summed E-state index contributed by atoms with van der Waals surface area (Å²) >= 11 is 5.87. The molecule has 0 fully saturated rings. The number of nitrogens with zero attached hydrogens (tertiary/aromatic N) is 2. The molecule has 0 aliphatic carbocycles. The van der Waals surface area contributed by atoms with Gasteiger partial charge in [0.2, 0.25) is 0 Å². The number of hydrogen-bond acceptors (Lipinski definition) is 4. The molecule has 0 spiro atoms. The normalized spacial score (nSPS) is 10.3. The third-order valence-corrected chi connectivity index (χ3v) is 3.09. The number of nitrogens with one attached hydrogen (secondary N) is 2. The van der Waals surface area contributed by atoms with Gasteiger partial charge in [0, 0.05) is 30.6 Å². The number of rotatable bonds is 6. The minimum absolute atomic E-state index is 0.711. The summed E-state index contributed by atoms with van der Waals surface area (Å²) in [6, 6.07) is 9.71. The van der Waals surface area contributed by atoms with Crippen LogP contribution in [0.5, 0.6) is 0 Å². The van der Waals surface area contributed by atoms with Crippen LogP contribution >= 0.6 is 11.6 Å². The Morgan fingerprint density at radius 3 is 2.25 bits per heavy atom. The van der Waals surface area contributed by atoms with Crippen LogP contribution in [0.2, 0.25) is 5.02 Å². The van der Waals surface area contributed by atoms with Gasteiger partial charge in [0.15, 0.2) is 0 Å². The van der Waals surface area contributed by atoms with E-state index in [4.69, 9.17) is 11.6 Å². The minimum atomic E-state index is 0.711. The Kier molecular flexibility index (Phi) is 5.18. The van der Waals surface area contributed by atoms with E-state index in [2.05, 4.69) is 27.5 Å². The number of hydrogen-bond donors (Lipinski definition) is 2. The zero-order valence-corrected chi connectivity index (χ0v) is 12.5. The molecule has 106 valence electrons. The van der Waals surface area contributed by atoms with Gasteiger partial charge < -0.3 is 10.6 Å². The summed E-state index contributed by atoms with van der Waals surface area (Å²) < 4.78 is 0. The molecule has 0 aliphatic heterocycles. The van der Waals surface area contributed by atoms with Gasteiger partial charge in [-0.05, 0) is 24.6 Å². The second-order valence-electron chi connectivity index (χ2n) is 4.42. The fourth-order valence-electron chi connectivity index (χ4n) is 1.81. The van der Waals surface area contributed by atoms with Gasteiger partial charge >= 0.3 is 0 Å². The molecular weight excluding hydrogens is 272 g/mol. The molecular formula is C15H19ClN4. The van der Waals surface area contributed by atoms with Crippen molar-refractivity contribution >= 4 is 23.2 Å². The first-order chi connectivity index (χ1) is 9.71. The van der Waals surface area contributed by atoms with E-state index in [0.29, 0.717) is 6.54 Å². The second-order valence-corrected chi connectivity index (χ2v) is 4.85. The van der Waals surface area contributed by atoms with E-state index in [9.17, 15) is 0 Å². The first-order valence-corrected chi connectivity index (χ1v) is 7.19. The molecule has 0 bridgehead atoms. The van der Waals surface area contributed by atoms with Crippen molar-refractivity contribution in [2.24, 2.45) is 0 Å². The maximum Gasteiger partial charge on any atom is 0.132 e. The van der Waals surface area contributed by atoms with Crippen LogP contribution in [0, 0.1) is 0 Å². The molecule has 5 heteroatoms. The molecule has 2 rings (SSSR count). The van der Waals surface area contributed by atoms with Crippen LogP contribution in [0.3, 0.4) is 0 Å². The molecule has 1 aromatic carbocycles. The Labute approximate surface area is 124 Å².